The Morgan fingerprint density at radius 3 is 1.41 bits per heavy atom. The van der Waals surface area contributed by atoms with E-state index in [4.69, 9.17) is 0 Å². The quantitative estimate of drug-likeness (QED) is 0.186. The van der Waals surface area contributed by atoms with Crippen LogP contribution in [0.2, 0.25) is 0 Å². The van der Waals surface area contributed by atoms with Gasteiger partial charge in [-0.1, -0.05) is 127 Å². The molecule has 0 fully saturated rings. The minimum Gasteiger partial charge on any atom is -0.306 e. The summed E-state index contributed by atoms with van der Waals surface area (Å²) in [6, 6.07) is 10.9. The molecule has 0 spiro atoms. The van der Waals surface area contributed by atoms with E-state index in [-0.39, 0.29) is 0 Å². The molecule has 0 heterocycles. The standard InChI is InChI=1S/C28H51N/c1-3-4-5-6-15-21-26-29(2)27-22-16-13-11-9-7-8-10-12-14-18-23-28-24-19-17-20-25-28/h17,19-20,24-25H,3-16,18,21-23,26-27H2,1-2H3. The van der Waals surface area contributed by atoms with Gasteiger partial charge >= 0.3 is 0 Å². The monoisotopic (exact) mass is 401 g/mol. The van der Waals surface area contributed by atoms with Gasteiger partial charge in [0.05, 0.1) is 0 Å². The van der Waals surface area contributed by atoms with Crippen LogP contribution in [0.1, 0.15) is 122 Å². The van der Waals surface area contributed by atoms with E-state index in [1.165, 1.54) is 134 Å². The van der Waals surface area contributed by atoms with Crippen molar-refractivity contribution in [3.8, 4) is 0 Å². The number of unbranched alkanes of at least 4 members (excludes halogenated alkanes) is 15. The predicted octanol–water partition coefficient (Wildman–Crippen LogP) is 8.81. The second-order valence-corrected chi connectivity index (χ2v) is 9.20. The fourth-order valence-corrected chi connectivity index (χ4v) is 4.22. The lowest BCUT2D eigenvalue weighted by Crippen LogP contribution is -2.20. The first-order valence-electron chi connectivity index (χ1n) is 13.1. The van der Waals surface area contributed by atoms with E-state index in [0.29, 0.717) is 0 Å². The van der Waals surface area contributed by atoms with E-state index < -0.39 is 0 Å². The number of benzene rings is 1. The van der Waals surface area contributed by atoms with Crippen LogP contribution in [0.25, 0.3) is 0 Å². The van der Waals surface area contributed by atoms with E-state index in [1.54, 1.807) is 0 Å². The maximum Gasteiger partial charge on any atom is -0.00218 e. The minimum absolute atomic E-state index is 1.26. The molecule has 0 amide bonds. The van der Waals surface area contributed by atoms with Crippen LogP contribution in [0, 0.1) is 0 Å². The van der Waals surface area contributed by atoms with Crippen molar-refractivity contribution in [1.29, 1.82) is 0 Å². The second kappa shape index (κ2) is 20.5. The molecule has 29 heavy (non-hydrogen) atoms. The van der Waals surface area contributed by atoms with Crippen LogP contribution in [0.3, 0.4) is 0 Å². The Morgan fingerprint density at radius 1 is 0.517 bits per heavy atom. The molecular formula is C28H51N. The lowest BCUT2D eigenvalue weighted by molar-refractivity contribution is 0.314. The molecule has 0 aliphatic carbocycles. The first-order valence-corrected chi connectivity index (χ1v) is 13.1. The van der Waals surface area contributed by atoms with Gasteiger partial charge in [0.15, 0.2) is 0 Å². The third kappa shape index (κ3) is 17.7. The summed E-state index contributed by atoms with van der Waals surface area (Å²) in [4.78, 5) is 2.55. The summed E-state index contributed by atoms with van der Waals surface area (Å²) in [7, 11) is 2.31. The minimum atomic E-state index is 1.26. The lowest BCUT2D eigenvalue weighted by atomic mass is 10.0. The summed E-state index contributed by atoms with van der Waals surface area (Å²) in [5.74, 6) is 0. The topological polar surface area (TPSA) is 3.24 Å². The maximum atomic E-state index is 2.55. The van der Waals surface area contributed by atoms with Gasteiger partial charge in [-0.25, -0.2) is 0 Å². The van der Waals surface area contributed by atoms with Crippen molar-refractivity contribution in [3.05, 3.63) is 35.9 Å². The fraction of sp³-hybridized carbons (Fsp3) is 0.786. The average molecular weight is 402 g/mol. The summed E-state index contributed by atoms with van der Waals surface area (Å²) in [5, 5.41) is 0. The first-order chi connectivity index (χ1) is 14.3. The van der Waals surface area contributed by atoms with Gasteiger partial charge in [-0.15, -0.1) is 0 Å². The summed E-state index contributed by atoms with van der Waals surface area (Å²) in [5.41, 5.74) is 1.50. The lowest BCUT2D eigenvalue weighted by Gasteiger charge is -2.16. The van der Waals surface area contributed by atoms with Gasteiger partial charge < -0.3 is 4.90 Å². The average Bonchev–Trinajstić information content (AvgIpc) is 2.74. The Bertz CT molecular complexity index is 427. The molecule has 1 rings (SSSR count). The molecule has 1 nitrogen and oxygen atoms in total. The van der Waals surface area contributed by atoms with Crippen molar-refractivity contribution < 1.29 is 0 Å². The highest BCUT2D eigenvalue weighted by Crippen LogP contribution is 2.13. The summed E-state index contributed by atoms with van der Waals surface area (Å²) < 4.78 is 0. The number of rotatable bonds is 21. The zero-order valence-corrected chi connectivity index (χ0v) is 20.0. The molecule has 1 heteroatoms. The third-order valence-electron chi connectivity index (χ3n) is 6.24. The van der Waals surface area contributed by atoms with Gasteiger partial charge in [0.25, 0.3) is 0 Å². The highest BCUT2D eigenvalue weighted by Gasteiger charge is 1.99. The zero-order valence-electron chi connectivity index (χ0n) is 20.0. The van der Waals surface area contributed by atoms with Crippen molar-refractivity contribution in [3.63, 3.8) is 0 Å². The van der Waals surface area contributed by atoms with Crippen LogP contribution < -0.4 is 0 Å². The molecule has 0 radical (unpaired) electrons. The smallest absolute Gasteiger partial charge is 0.00218 e. The maximum absolute atomic E-state index is 2.55. The number of hydrogen-bond acceptors (Lipinski definition) is 1. The Balaban J connectivity index is 1.73. The largest absolute Gasteiger partial charge is 0.306 e. The van der Waals surface area contributed by atoms with Crippen molar-refractivity contribution >= 4 is 0 Å². The Kier molecular flexibility index (Phi) is 18.5. The van der Waals surface area contributed by atoms with Crippen LogP contribution >= 0.6 is 0 Å². The molecule has 0 N–H and O–H groups in total. The van der Waals surface area contributed by atoms with Crippen molar-refractivity contribution in [2.45, 2.75) is 122 Å². The highest BCUT2D eigenvalue weighted by atomic mass is 15.1. The number of hydrogen-bond donors (Lipinski definition) is 0. The van der Waals surface area contributed by atoms with E-state index in [0.717, 1.165) is 0 Å². The van der Waals surface area contributed by atoms with Gasteiger partial charge in [0.1, 0.15) is 0 Å². The molecule has 0 saturated carbocycles. The molecule has 0 atom stereocenters. The van der Waals surface area contributed by atoms with Crippen LogP contribution in [0.15, 0.2) is 30.3 Å². The predicted molar refractivity (Wildman–Crippen MR) is 132 cm³/mol. The van der Waals surface area contributed by atoms with Gasteiger partial charge in [-0.2, -0.15) is 0 Å². The van der Waals surface area contributed by atoms with Gasteiger partial charge in [-0.3, -0.25) is 0 Å². The summed E-state index contributed by atoms with van der Waals surface area (Å²) in [6.45, 7) is 4.90. The normalized spacial score (nSPS) is 11.4. The molecule has 168 valence electrons. The van der Waals surface area contributed by atoms with Crippen LogP contribution in [0.5, 0.6) is 0 Å². The summed E-state index contributed by atoms with van der Waals surface area (Å²) in [6.07, 6.45) is 25.5. The van der Waals surface area contributed by atoms with Crippen molar-refractivity contribution in [2.75, 3.05) is 20.1 Å². The molecule has 0 unspecified atom stereocenters. The SMILES string of the molecule is CCCCCCCCN(C)CCCCCCCCCCCCCc1ccccc1. The second-order valence-electron chi connectivity index (χ2n) is 9.20. The Hall–Kier alpha value is -0.820. The number of aryl methyl sites for hydroxylation is 1. The van der Waals surface area contributed by atoms with Crippen molar-refractivity contribution in [1.82, 2.24) is 4.90 Å². The molecule has 0 aliphatic heterocycles. The summed E-state index contributed by atoms with van der Waals surface area (Å²) >= 11 is 0. The molecule has 1 aromatic carbocycles. The fourth-order valence-electron chi connectivity index (χ4n) is 4.22. The van der Waals surface area contributed by atoms with E-state index in [9.17, 15) is 0 Å². The molecule has 0 bridgehead atoms. The van der Waals surface area contributed by atoms with Gasteiger partial charge in [0.2, 0.25) is 0 Å². The molecule has 1 aromatic rings. The molecule has 0 aromatic heterocycles. The van der Waals surface area contributed by atoms with Gasteiger partial charge in [0, 0.05) is 0 Å². The van der Waals surface area contributed by atoms with Crippen LogP contribution in [-0.4, -0.2) is 25.0 Å². The zero-order chi connectivity index (χ0) is 20.8. The van der Waals surface area contributed by atoms with Gasteiger partial charge in [-0.05, 0) is 51.4 Å². The first kappa shape index (κ1) is 26.2. The highest BCUT2D eigenvalue weighted by molar-refractivity contribution is 5.14. The van der Waals surface area contributed by atoms with Crippen LogP contribution in [0.4, 0.5) is 0 Å². The third-order valence-corrected chi connectivity index (χ3v) is 6.24. The molecular weight excluding hydrogens is 350 g/mol. The van der Waals surface area contributed by atoms with E-state index in [1.807, 2.05) is 0 Å². The van der Waals surface area contributed by atoms with E-state index >= 15 is 0 Å². The van der Waals surface area contributed by atoms with Crippen molar-refractivity contribution in [2.24, 2.45) is 0 Å². The Morgan fingerprint density at radius 2 is 0.931 bits per heavy atom. The molecule has 0 saturated heterocycles. The number of nitrogens with zero attached hydrogens (tertiary/aromatic N) is 1. The van der Waals surface area contributed by atoms with E-state index in [2.05, 4.69) is 49.2 Å². The Labute approximate surface area is 183 Å². The van der Waals surface area contributed by atoms with Crippen LogP contribution in [-0.2, 0) is 6.42 Å². The molecule has 0 aliphatic rings.